The average molecular weight is 253 g/mol. The van der Waals surface area contributed by atoms with Gasteiger partial charge in [-0.1, -0.05) is 18.2 Å². The number of carbonyl (C=O) groups is 2. The highest BCUT2D eigenvalue weighted by atomic mass is 16.7. The summed E-state index contributed by atoms with van der Waals surface area (Å²) in [4.78, 5) is 22.9. The van der Waals surface area contributed by atoms with E-state index in [1.165, 1.54) is 0 Å². The lowest BCUT2D eigenvalue weighted by Gasteiger charge is -2.20. The van der Waals surface area contributed by atoms with Crippen LogP contribution in [0.5, 0.6) is 0 Å². The molecule has 0 aromatic rings. The molecule has 0 heterocycles. The molecule has 0 radical (unpaired) electrons. The lowest BCUT2D eigenvalue weighted by atomic mass is 9.99. The highest BCUT2D eigenvalue weighted by Gasteiger charge is 2.25. The van der Waals surface area contributed by atoms with Crippen molar-refractivity contribution in [2.24, 2.45) is 5.73 Å². The summed E-state index contributed by atoms with van der Waals surface area (Å²) < 4.78 is 9.43. The molecule has 1 atom stereocenters. The molecule has 0 aliphatic heterocycles. The maximum absolute atomic E-state index is 11.6. The van der Waals surface area contributed by atoms with Crippen molar-refractivity contribution < 1.29 is 19.1 Å². The van der Waals surface area contributed by atoms with E-state index in [0.717, 1.165) is 12.0 Å². The van der Waals surface area contributed by atoms with E-state index in [4.69, 9.17) is 10.5 Å². The molecule has 100 valence electrons. The van der Waals surface area contributed by atoms with Crippen molar-refractivity contribution in [3.05, 3.63) is 23.8 Å². The zero-order valence-electron chi connectivity index (χ0n) is 10.9. The third-order valence-corrected chi connectivity index (χ3v) is 2.26. The Labute approximate surface area is 107 Å². The molecule has 1 rings (SSSR count). The van der Waals surface area contributed by atoms with E-state index in [1.54, 1.807) is 20.8 Å². The first-order valence-electron chi connectivity index (χ1n) is 5.84. The van der Waals surface area contributed by atoms with Gasteiger partial charge < -0.3 is 15.2 Å². The fourth-order valence-corrected chi connectivity index (χ4v) is 1.44. The number of rotatable bonds is 2. The predicted molar refractivity (Wildman–Crippen MR) is 66.8 cm³/mol. The Balaban J connectivity index is 2.50. The first-order chi connectivity index (χ1) is 8.29. The van der Waals surface area contributed by atoms with E-state index in [1.807, 2.05) is 18.2 Å². The summed E-state index contributed by atoms with van der Waals surface area (Å²) in [7, 11) is 0. The van der Waals surface area contributed by atoms with Crippen LogP contribution in [0.15, 0.2) is 23.8 Å². The Kier molecular flexibility index (Phi) is 4.67. The van der Waals surface area contributed by atoms with Crippen LogP contribution >= 0.6 is 0 Å². The molecule has 0 fully saturated rings. The summed E-state index contributed by atoms with van der Waals surface area (Å²) in [6, 6.07) is -0.914. The van der Waals surface area contributed by atoms with Crippen LogP contribution in [0, 0.1) is 0 Å². The van der Waals surface area contributed by atoms with Crippen LogP contribution in [0.3, 0.4) is 0 Å². The summed E-state index contributed by atoms with van der Waals surface area (Å²) in [5.74, 6) is -0.786. The monoisotopic (exact) mass is 253 g/mol. The van der Waals surface area contributed by atoms with Crippen LogP contribution in [0.25, 0.3) is 0 Å². The predicted octanol–water partition coefficient (Wildman–Crippen LogP) is 2.07. The average Bonchev–Trinajstić information content (AvgIpc) is 2.26. The van der Waals surface area contributed by atoms with Crippen molar-refractivity contribution >= 4 is 12.1 Å². The minimum absolute atomic E-state index is 0.602. The molecule has 0 saturated heterocycles. The van der Waals surface area contributed by atoms with Crippen molar-refractivity contribution in [1.29, 1.82) is 0 Å². The summed E-state index contributed by atoms with van der Waals surface area (Å²) in [6.45, 7) is 5.06. The molecule has 0 bridgehead atoms. The zero-order chi connectivity index (χ0) is 13.8. The quantitative estimate of drug-likeness (QED) is 0.463. The Morgan fingerprint density at radius 2 is 2.00 bits per heavy atom. The first kappa shape index (κ1) is 14.4. The standard InChI is InChI=1S/C13H19NO4/c1-13(2,3)18-12(16)17-11(15)10(14)9-7-5-4-6-8-9/h4-5,8,10H,6-7,14H2,1-3H3. The topological polar surface area (TPSA) is 78.6 Å². The summed E-state index contributed by atoms with van der Waals surface area (Å²) >= 11 is 0. The molecule has 5 nitrogen and oxygen atoms in total. The number of hydrogen-bond acceptors (Lipinski definition) is 5. The van der Waals surface area contributed by atoms with Gasteiger partial charge in [-0.05, 0) is 39.2 Å². The Morgan fingerprint density at radius 3 is 2.50 bits per heavy atom. The van der Waals surface area contributed by atoms with E-state index in [9.17, 15) is 9.59 Å². The molecule has 0 amide bonds. The first-order valence-corrected chi connectivity index (χ1v) is 5.84. The van der Waals surface area contributed by atoms with Gasteiger partial charge in [0.1, 0.15) is 11.6 Å². The third-order valence-electron chi connectivity index (χ3n) is 2.26. The highest BCUT2D eigenvalue weighted by Crippen LogP contribution is 2.15. The number of hydrogen-bond donors (Lipinski definition) is 1. The number of allylic oxidation sites excluding steroid dienone is 3. The van der Waals surface area contributed by atoms with Gasteiger partial charge in [0, 0.05) is 0 Å². The summed E-state index contributed by atoms with van der Waals surface area (Å²) in [5.41, 5.74) is 5.78. The molecule has 1 aliphatic rings. The molecule has 18 heavy (non-hydrogen) atoms. The van der Waals surface area contributed by atoms with Gasteiger partial charge in [-0.3, -0.25) is 0 Å². The van der Waals surface area contributed by atoms with Crippen molar-refractivity contribution in [3.8, 4) is 0 Å². The molecule has 2 N–H and O–H groups in total. The van der Waals surface area contributed by atoms with E-state index in [-0.39, 0.29) is 0 Å². The summed E-state index contributed by atoms with van der Waals surface area (Å²) in [5, 5.41) is 0. The minimum Gasteiger partial charge on any atom is -0.428 e. The van der Waals surface area contributed by atoms with Crippen LogP contribution in [-0.2, 0) is 14.3 Å². The molecule has 5 heteroatoms. The second-order valence-corrected chi connectivity index (χ2v) is 5.05. The van der Waals surface area contributed by atoms with Gasteiger partial charge >= 0.3 is 12.1 Å². The number of ether oxygens (including phenoxy) is 2. The number of carbonyl (C=O) groups excluding carboxylic acids is 2. The lowest BCUT2D eigenvalue weighted by Crippen LogP contribution is -2.37. The lowest BCUT2D eigenvalue weighted by molar-refractivity contribution is -0.142. The van der Waals surface area contributed by atoms with Gasteiger partial charge in [-0.2, -0.15) is 0 Å². The maximum atomic E-state index is 11.6. The van der Waals surface area contributed by atoms with E-state index < -0.39 is 23.8 Å². The molecule has 1 aliphatic carbocycles. The second kappa shape index (κ2) is 5.82. The number of nitrogens with two attached hydrogens (primary N) is 1. The zero-order valence-corrected chi connectivity index (χ0v) is 10.9. The SMILES string of the molecule is CC(C)(C)OC(=O)OC(=O)C(N)C1=CCC=CC1. The van der Waals surface area contributed by atoms with E-state index in [0.29, 0.717) is 6.42 Å². The fourth-order valence-electron chi connectivity index (χ4n) is 1.44. The van der Waals surface area contributed by atoms with Gasteiger partial charge in [0.15, 0.2) is 0 Å². The molecular weight excluding hydrogens is 234 g/mol. The molecule has 1 unspecified atom stereocenters. The van der Waals surface area contributed by atoms with Crippen molar-refractivity contribution in [2.75, 3.05) is 0 Å². The number of esters is 1. The highest BCUT2D eigenvalue weighted by molar-refractivity contribution is 5.87. The van der Waals surface area contributed by atoms with Gasteiger partial charge in [0.2, 0.25) is 0 Å². The largest absolute Gasteiger partial charge is 0.516 e. The molecule has 0 spiro atoms. The van der Waals surface area contributed by atoms with Crippen LogP contribution in [0.2, 0.25) is 0 Å². The maximum Gasteiger partial charge on any atom is 0.516 e. The fraction of sp³-hybridized carbons (Fsp3) is 0.538. The normalized spacial score (nSPS) is 16.8. The smallest absolute Gasteiger partial charge is 0.428 e. The van der Waals surface area contributed by atoms with Gasteiger partial charge in [0.25, 0.3) is 0 Å². The van der Waals surface area contributed by atoms with Crippen LogP contribution < -0.4 is 5.73 Å². The third kappa shape index (κ3) is 4.71. The molecule has 0 aromatic carbocycles. The van der Waals surface area contributed by atoms with E-state index >= 15 is 0 Å². The van der Waals surface area contributed by atoms with Crippen molar-refractivity contribution in [1.82, 2.24) is 0 Å². The molecular formula is C13H19NO4. The van der Waals surface area contributed by atoms with Gasteiger partial charge in [-0.15, -0.1) is 0 Å². The molecule has 0 aromatic heterocycles. The van der Waals surface area contributed by atoms with Crippen LogP contribution in [-0.4, -0.2) is 23.8 Å². The minimum atomic E-state index is -1.02. The Bertz CT molecular complexity index is 390. The second-order valence-electron chi connectivity index (χ2n) is 5.05. The van der Waals surface area contributed by atoms with E-state index in [2.05, 4.69) is 4.74 Å². The van der Waals surface area contributed by atoms with Gasteiger partial charge in [0.05, 0.1) is 0 Å². The Hall–Kier alpha value is -1.62. The van der Waals surface area contributed by atoms with Crippen molar-refractivity contribution in [3.63, 3.8) is 0 Å². The van der Waals surface area contributed by atoms with Crippen LogP contribution in [0.1, 0.15) is 33.6 Å². The van der Waals surface area contributed by atoms with Gasteiger partial charge in [-0.25, -0.2) is 9.59 Å². The Morgan fingerprint density at radius 1 is 1.33 bits per heavy atom. The van der Waals surface area contributed by atoms with Crippen molar-refractivity contribution in [2.45, 2.75) is 45.3 Å². The summed E-state index contributed by atoms with van der Waals surface area (Å²) in [6.07, 6.45) is 6.09. The molecule has 0 saturated carbocycles. The van der Waals surface area contributed by atoms with Crippen LogP contribution in [0.4, 0.5) is 4.79 Å².